The van der Waals surface area contributed by atoms with E-state index in [0.29, 0.717) is 0 Å². The fraction of sp³-hybridized carbons (Fsp3) is 0.0435. The summed E-state index contributed by atoms with van der Waals surface area (Å²) in [7, 11) is 0. The second-order valence-corrected chi connectivity index (χ2v) is 12.8. The SMILES string of the molecule is C1=CC2Oc3cc(N(c4ccc(-c5ccccc5)cc4)c4cccc5oc6cc(-c7ccccc7)c7ccccc7c6c45)ccc3C2C=C1. The number of rotatable bonds is 5. The number of ether oxygens (including phenoxy) is 1. The van der Waals surface area contributed by atoms with Crippen LogP contribution in [0.3, 0.4) is 0 Å². The second kappa shape index (κ2) is 11.1. The first-order valence-corrected chi connectivity index (χ1v) is 16.8. The fourth-order valence-electron chi connectivity index (χ4n) is 7.73. The van der Waals surface area contributed by atoms with Gasteiger partial charge in [0.2, 0.25) is 0 Å². The molecule has 7 aromatic carbocycles. The van der Waals surface area contributed by atoms with Crippen LogP contribution in [0.4, 0.5) is 17.1 Å². The maximum Gasteiger partial charge on any atom is 0.137 e. The van der Waals surface area contributed by atoms with Gasteiger partial charge in [-0.15, -0.1) is 0 Å². The molecule has 49 heavy (non-hydrogen) atoms. The quantitative estimate of drug-likeness (QED) is 0.189. The van der Waals surface area contributed by atoms with Crippen molar-refractivity contribution in [1.82, 2.24) is 0 Å². The molecule has 0 N–H and O–H groups in total. The van der Waals surface area contributed by atoms with E-state index in [4.69, 9.17) is 9.15 Å². The van der Waals surface area contributed by atoms with Crippen molar-refractivity contribution < 1.29 is 9.15 Å². The summed E-state index contributed by atoms with van der Waals surface area (Å²) in [4.78, 5) is 2.35. The van der Waals surface area contributed by atoms with E-state index in [1.165, 1.54) is 33.0 Å². The third-order valence-corrected chi connectivity index (χ3v) is 10.0. The molecular formula is C46H31NO2. The lowest BCUT2D eigenvalue weighted by Gasteiger charge is -2.27. The van der Waals surface area contributed by atoms with Gasteiger partial charge in [-0.25, -0.2) is 0 Å². The molecule has 232 valence electrons. The second-order valence-electron chi connectivity index (χ2n) is 12.8. The molecule has 0 amide bonds. The van der Waals surface area contributed by atoms with Crippen LogP contribution in [0.15, 0.2) is 180 Å². The van der Waals surface area contributed by atoms with Crippen molar-refractivity contribution in [3.63, 3.8) is 0 Å². The smallest absolute Gasteiger partial charge is 0.137 e. The summed E-state index contributed by atoms with van der Waals surface area (Å²) < 4.78 is 13.3. The van der Waals surface area contributed by atoms with Crippen molar-refractivity contribution in [2.75, 3.05) is 4.90 Å². The maximum atomic E-state index is 6.73. The number of fused-ring (bicyclic) bond motifs is 8. The average Bonchev–Trinajstić information content (AvgIpc) is 3.74. The lowest BCUT2D eigenvalue weighted by molar-refractivity contribution is 0.269. The number of hydrogen-bond acceptors (Lipinski definition) is 3. The molecule has 2 unspecified atom stereocenters. The topological polar surface area (TPSA) is 25.6 Å². The van der Waals surface area contributed by atoms with Gasteiger partial charge in [-0.2, -0.15) is 0 Å². The van der Waals surface area contributed by atoms with Gasteiger partial charge in [-0.1, -0.05) is 127 Å². The van der Waals surface area contributed by atoms with Crippen LogP contribution >= 0.6 is 0 Å². The van der Waals surface area contributed by atoms with Crippen molar-refractivity contribution in [1.29, 1.82) is 0 Å². The number of hydrogen-bond donors (Lipinski definition) is 0. The first-order chi connectivity index (χ1) is 24.3. The summed E-state index contributed by atoms with van der Waals surface area (Å²) >= 11 is 0. The summed E-state index contributed by atoms with van der Waals surface area (Å²) in [6.45, 7) is 0. The molecule has 1 aliphatic carbocycles. The highest BCUT2D eigenvalue weighted by atomic mass is 16.5. The minimum Gasteiger partial charge on any atom is -0.485 e. The molecule has 3 nitrogen and oxygen atoms in total. The molecule has 3 heteroatoms. The number of nitrogens with zero attached hydrogens (tertiary/aromatic N) is 1. The first kappa shape index (κ1) is 27.8. The van der Waals surface area contributed by atoms with Crippen LogP contribution in [-0.2, 0) is 0 Å². The minimum atomic E-state index is 0.0280. The van der Waals surface area contributed by atoms with Crippen LogP contribution in [0.1, 0.15) is 11.5 Å². The number of furan rings is 1. The molecule has 2 aliphatic rings. The predicted octanol–water partition coefficient (Wildman–Crippen LogP) is 12.5. The van der Waals surface area contributed by atoms with Crippen LogP contribution in [0.2, 0.25) is 0 Å². The number of benzene rings is 7. The molecule has 0 saturated carbocycles. The van der Waals surface area contributed by atoms with Gasteiger partial charge >= 0.3 is 0 Å². The van der Waals surface area contributed by atoms with Gasteiger partial charge < -0.3 is 14.1 Å². The Labute approximate surface area is 284 Å². The van der Waals surface area contributed by atoms with Crippen molar-refractivity contribution in [3.05, 3.63) is 182 Å². The lowest BCUT2D eigenvalue weighted by atomic mass is 9.92. The van der Waals surface area contributed by atoms with Gasteiger partial charge in [0.05, 0.1) is 11.1 Å². The predicted molar refractivity (Wildman–Crippen MR) is 202 cm³/mol. The van der Waals surface area contributed by atoms with E-state index in [1.54, 1.807) is 0 Å². The normalized spacial score (nSPS) is 16.2. The van der Waals surface area contributed by atoms with E-state index in [0.717, 1.165) is 50.3 Å². The molecule has 1 aliphatic heterocycles. The summed E-state index contributed by atoms with van der Waals surface area (Å²) in [5.41, 5.74) is 10.8. The van der Waals surface area contributed by atoms with E-state index in [9.17, 15) is 0 Å². The van der Waals surface area contributed by atoms with Gasteiger partial charge in [-0.3, -0.25) is 0 Å². The third kappa shape index (κ3) is 4.51. The molecule has 8 aromatic rings. The van der Waals surface area contributed by atoms with E-state index in [1.807, 2.05) is 0 Å². The van der Waals surface area contributed by atoms with E-state index < -0.39 is 0 Å². The van der Waals surface area contributed by atoms with E-state index in [-0.39, 0.29) is 12.0 Å². The highest BCUT2D eigenvalue weighted by Crippen LogP contribution is 2.49. The van der Waals surface area contributed by atoms with E-state index >= 15 is 0 Å². The summed E-state index contributed by atoms with van der Waals surface area (Å²) in [6, 6.07) is 53.9. The van der Waals surface area contributed by atoms with Crippen LogP contribution in [0, 0.1) is 0 Å². The Morgan fingerprint density at radius 2 is 1.18 bits per heavy atom. The molecule has 0 fully saturated rings. The average molecular weight is 630 g/mol. The Morgan fingerprint density at radius 3 is 2.00 bits per heavy atom. The maximum absolute atomic E-state index is 6.73. The molecular weight excluding hydrogens is 599 g/mol. The van der Waals surface area contributed by atoms with E-state index in [2.05, 4.69) is 181 Å². The Morgan fingerprint density at radius 1 is 0.490 bits per heavy atom. The Bertz CT molecular complexity index is 2580. The minimum absolute atomic E-state index is 0.0280. The number of anilines is 3. The van der Waals surface area contributed by atoms with Crippen LogP contribution < -0.4 is 9.64 Å². The Kier molecular flexibility index (Phi) is 6.31. The highest BCUT2D eigenvalue weighted by molar-refractivity contribution is 6.25. The molecule has 2 heterocycles. The van der Waals surface area contributed by atoms with Crippen molar-refractivity contribution >= 4 is 49.8 Å². The van der Waals surface area contributed by atoms with Gasteiger partial charge in [-0.05, 0) is 75.5 Å². The zero-order chi connectivity index (χ0) is 32.3. The molecule has 0 bridgehead atoms. The molecule has 2 atom stereocenters. The summed E-state index contributed by atoms with van der Waals surface area (Å²) in [6.07, 6.45) is 8.61. The van der Waals surface area contributed by atoms with Crippen molar-refractivity contribution in [3.8, 4) is 28.0 Å². The largest absolute Gasteiger partial charge is 0.485 e. The van der Waals surface area contributed by atoms with Crippen molar-refractivity contribution in [2.45, 2.75) is 12.0 Å². The Hall–Kier alpha value is -6.32. The summed E-state index contributed by atoms with van der Waals surface area (Å²) in [5.74, 6) is 1.16. The first-order valence-electron chi connectivity index (χ1n) is 16.8. The standard InChI is InChI=1S/C46H31NO2/c1-3-12-30(13-4-1)31-22-24-33(25-23-31)47(34-26-27-37-36-17-9-10-20-41(36)48-43(37)28-34)40-19-11-21-42-46(40)45-38-18-8-7-16-35(38)39(29-44(45)49-42)32-14-5-2-6-15-32/h1-29,36,41H. The van der Waals surface area contributed by atoms with Crippen LogP contribution in [-0.4, -0.2) is 6.10 Å². The lowest BCUT2D eigenvalue weighted by Crippen LogP contribution is -2.15. The van der Waals surface area contributed by atoms with Gasteiger partial charge in [0.1, 0.15) is 23.0 Å². The molecule has 1 aromatic heterocycles. The van der Waals surface area contributed by atoms with Gasteiger partial charge in [0, 0.05) is 34.3 Å². The van der Waals surface area contributed by atoms with Gasteiger partial charge in [0.25, 0.3) is 0 Å². The van der Waals surface area contributed by atoms with Crippen molar-refractivity contribution in [2.24, 2.45) is 0 Å². The monoisotopic (exact) mass is 629 g/mol. The number of allylic oxidation sites excluding steroid dienone is 2. The molecule has 10 rings (SSSR count). The molecule has 0 radical (unpaired) electrons. The van der Waals surface area contributed by atoms with Crippen LogP contribution in [0.25, 0.3) is 55.0 Å². The Balaban J connectivity index is 1.21. The van der Waals surface area contributed by atoms with Crippen LogP contribution in [0.5, 0.6) is 5.75 Å². The molecule has 0 saturated heterocycles. The fourth-order valence-corrected chi connectivity index (χ4v) is 7.73. The molecule has 0 spiro atoms. The summed E-state index contributed by atoms with van der Waals surface area (Å²) in [5, 5.41) is 4.57. The van der Waals surface area contributed by atoms with Gasteiger partial charge in [0.15, 0.2) is 0 Å². The zero-order valence-corrected chi connectivity index (χ0v) is 26.7. The zero-order valence-electron chi connectivity index (χ0n) is 26.7. The third-order valence-electron chi connectivity index (χ3n) is 10.0. The highest BCUT2D eigenvalue weighted by Gasteiger charge is 2.33.